The van der Waals surface area contributed by atoms with E-state index in [9.17, 15) is 28.4 Å². The van der Waals surface area contributed by atoms with Crippen molar-refractivity contribution in [3.05, 3.63) is 70.8 Å². The van der Waals surface area contributed by atoms with Crippen molar-refractivity contribution in [1.29, 1.82) is 0 Å². The van der Waals surface area contributed by atoms with Gasteiger partial charge in [-0.2, -0.15) is 0 Å². The highest BCUT2D eigenvalue weighted by Crippen LogP contribution is 2.28. The molecule has 0 aliphatic carbocycles. The fourth-order valence-electron chi connectivity index (χ4n) is 4.13. The smallest absolute Gasteiger partial charge is 0.262 e. The monoisotopic (exact) mass is 485 g/mol. The number of carbonyl (C=O) groups excluding carboxylic acids is 5. The Kier molecular flexibility index (Phi) is 5.69. The van der Waals surface area contributed by atoms with Gasteiger partial charge in [-0.25, -0.2) is 4.39 Å². The average molecular weight is 485 g/mol. The highest BCUT2D eigenvalue weighted by atomic mass is 19.1. The van der Waals surface area contributed by atoms with Crippen LogP contribution in [0, 0.1) is 17.7 Å². The molecule has 2 aromatic carbocycles. The third-order valence-corrected chi connectivity index (χ3v) is 5.79. The van der Waals surface area contributed by atoms with Crippen LogP contribution in [0.3, 0.4) is 0 Å². The summed E-state index contributed by atoms with van der Waals surface area (Å²) in [6, 6.07) is 5.62. The first-order valence-corrected chi connectivity index (χ1v) is 10.9. The van der Waals surface area contributed by atoms with Crippen molar-refractivity contribution in [2.24, 2.45) is 0 Å². The van der Waals surface area contributed by atoms with E-state index in [1.165, 1.54) is 30.6 Å². The topological polar surface area (TPSA) is 138 Å². The van der Waals surface area contributed by atoms with Gasteiger partial charge in [-0.3, -0.25) is 44.2 Å². The quantitative estimate of drug-likeness (QED) is 0.416. The number of nitrogens with zero attached hydrogens (tertiary/aromatic N) is 3. The lowest BCUT2D eigenvalue weighted by atomic mass is 10.0. The molecule has 10 nitrogen and oxygen atoms in total. The highest BCUT2D eigenvalue weighted by molar-refractivity contribution is 6.23. The summed E-state index contributed by atoms with van der Waals surface area (Å²) in [7, 11) is 0. The summed E-state index contributed by atoms with van der Waals surface area (Å²) in [5.41, 5.74) is 1.18. The largest absolute Gasteiger partial charge is 0.341 e. The predicted octanol–water partition coefficient (Wildman–Crippen LogP) is 0.952. The zero-order valence-electron chi connectivity index (χ0n) is 18.5. The van der Waals surface area contributed by atoms with Crippen molar-refractivity contribution in [3.63, 3.8) is 0 Å². The number of piperidine rings is 1. The number of amides is 5. The molecule has 1 unspecified atom stereocenters. The maximum Gasteiger partial charge on any atom is 0.262 e. The molecule has 2 aliphatic rings. The Balaban J connectivity index is 1.29. The number of aromatic nitrogens is 2. The molecule has 1 saturated heterocycles. The molecule has 5 amide bonds. The number of fused-ring (bicyclic) bond motifs is 2. The molecule has 1 atom stereocenters. The molecular formula is C25H16FN5O5. The van der Waals surface area contributed by atoms with Crippen molar-refractivity contribution in [3.8, 4) is 11.8 Å². The normalized spacial score (nSPS) is 16.9. The zero-order chi connectivity index (χ0) is 25.4. The number of hydrogen-bond donors (Lipinski definition) is 2. The van der Waals surface area contributed by atoms with E-state index in [0.29, 0.717) is 5.56 Å². The molecule has 0 bridgehead atoms. The van der Waals surface area contributed by atoms with E-state index >= 15 is 0 Å². The SMILES string of the molecule is O=C1CCC(N2C(=O)c3ccc(C#CCNC(=O)c4cc(F)cc5nccnc45)cc3C2=O)C(=O)N1. The first kappa shape index (κ1) is 22.8. The van der Waals surface area contributed by atoms with Crippen LogP contribution in [0.25, 0.3) is 11.0 Å². The maximum atomic E-state index is 13.9. The average Bonchev–Trinajstić information content (AvgIpc) is 3.10. The summed E-state index contributed by atoms with van der Waals surface area (Å²) >= 11 is 0. The lowest BCUT2D eigenvalue weighted by Crippen LogP contribution is -2.54. The van der Waals surface area contributed by atoms with Crippen LogP contribution in [0.15, 0.2) is 42.7 Å². The van der Waals surface area contributed by atoms with Crippen LogP contribution in [0.4, 0.5) is 4.39 Å². The van der Waals surface area contributed by atoms with Gasteiger partial charge >= 0.3 is 0 Å². The molecule has 2 N–H and O–H groups in total. The lowest BCUT2D eigenvalue weighted by molar-refractivity contribution is -0.136. The zero-order valence-corrected chi connectivity index (χ0v) is 18.5. The van der Waals surface area contributed by atoms with Crippen molar-refractivity contribution >= 4 is 40.6 Å². The molecule has 5 rings (SSSR count). The minimum absolute atomic E-state index is 0.0232. The van der Waals surface area contributed by atoms with E-state index in [0.717, 1.165) is 11.0 Å². The Morgan fingerprint density at radius 2 is 1.86 bits per heavy atom. The number of benzene rings is 2. The second-order valence-electron chi connectivity index (χ2n) is 8.07. The molecular weight excluding hydrogens is 469 g/mol. The number of carbonyl (C=O) groups is 5. The van der Waals surface area contributed by atoms with Gasteiger partial charge in [0.1, 0.15) is 17.4 Å². The van der Waals surface area contributed by atoms with Crippen LogP contribution in [0.2, 0.25) is 0 Å². The lowest BCUT2D eigenvalue weighted by Gasteiger charge is -2.27. The second-order valence-corrected chi connectivity index (χ2v) is 8.07. The number of hydrogen-bond acceptors (Lipinski definition) is 7. The van der Waals surface area contributed by atoms with Gasteiger partial charge in [-0.1, -0.05) is 11.8 Å². The number of rotatable bonds is 3. The molecule has 3 heterocycles. The van der Waals surface area contributed by atoms with Crippen LogP contribution in [0.1, 0.15) is 49.5 Å². The minimum atomic E-state index is -1.05. The summed E-state index contributed by atoms with van der Waals surface area (Å²) in [6.07, 6.45) is 2.89. The first-order valence-electron chi connectivity index (χ1n) is 10.9. The fraction of sp³-hybridized carbons (Fsp3) is 0.160. The maximum absolute atomic E-state index is 13.9. The summed E-state index contributed by atoms with van der Waals surface area (Å²) in [5, 5.41) is 4.71. The molecule has 1 aromatic heterocycles. The molecule has 1 fully saturated rings. The van der Waals surface area contributed by atoms with Crippen LogP contribution in [0.5, 0.6) is 0 Å². The highest BCUT2D eigenvalue weighted by Gasteiger charge is 2.44. The van der Waals surface area contributed by atoms with Gasteiger partial charge < -0.3 is 5.32 Å². The van der Waals surface area contributed by atoms with Crippen molar-refractivity contribution in [2.75, 3.05) is 6.54 Å². The van der Waals surface area contributed by atoms with Crippen molar-refractivity contribution < 1.29 is 28.4 Å². The Hall–Kier alpha value is -4.98. The van der Waals surface area contributed by atoms with Gasteiger partial charge in [-0.05, 0) is 30.7 Å². The molecule has 3 aromatic rings. The van der Waals surface area contributed by atoms with Gasteiger partial charge in [0.15, 0.2) is 0 Å². The number of imide groups is 2. The summed E-state index contributed by atoms with van der Waals surface area (Å²) in [4.78, 5) is 70.7. The van der Waals surface area contributed by atoms with Crippen LogP contribution >= 0.6 is 0 Å². The molecule has 0 spiro atoms. The van der Waals surface area contributed by atoms with Gasteiger partial charge in [0.25, 0.3) is 17.7 Å². The van der Waals surface area contributed by atoms with E-state index in [4.69, 9.17) is 0 Å². The predicted molar refractivity (Wildman–Crippen MR) is 122 cm³/mol. The summed E-state index contributed by atoms with van der Waals surface area (Å²) in [6.45, 7) is -0.0799. The van der Waals surface area contributed by atoms with Crippen molar-refractivity contribution in [2.45, 2.75) is 18.9 Å². The molecule has 36 heavy (non-hydrogen) atoms. The third kappa shape index (κ3) is 4.05. The van der Waals surface area contributed by atoms with Gasteiger partial charge in [0.2, 0.25) is 11.8 Å². The minimum Gasteiger partial charge on any atom is -0.341 e. The molecule has 0 radical (unpaired) electrons. The molecule has 0 saturated carbocycles. The first-order chi connectivity index (χ1) is 17.3. The van der Waals surface area contributed by atoms with Crippen LogP contribution in [-0.2, 0) is 9.59 Å². The van der Waals surface area contributed by atoms with E-state index in [1.807, 2.05) is 0 Å². The number of halogens is 1. The van der Waals surface area contributed by atoms with Gasteiger partial charge in [0.05, 0.1) is 28.8 Å². The molecule has 178 valence electrons. The van der Waals surface area contributed by atoms with E-state index in [2.05, 4.69) is 32.4 Å². The standard InChI is InChI=1S/C25H16FN5O5/c26-14-11-17(21-18(12-14)27-8-9-28-21)22(33)29-7-1-2-13-3-4-15-16(10-13)25(36)31(24(15)35)19-5-6-20(32)30-23(19)34/h3-4,8-12,19H,5-7H2,(H,29,33)(H,30,32,34). The fourth-order valence-corrected chi connectivity index (χ4v) is 4.13. The van der Waals surface area contributed by atoms with E-state index in [-0.39, 0.29) is 47.1 Å². The third-order valence-electron chi connectivity index (χ3n) is 5.79. The van der Waals surface area contributed by atoms with Crippen LogP contribution < -0.4 is 10.6 Å². The number of nitrogens with one attached hydrogen (secondary N) is 2. The molecule has 11 heteroatoms. The Morgan fingerprint density at radius 1 is 1.08 bits per heavy atom. The van der Waals surface area contributed by atoms with Crippen LogP contribution in [-0.4, -0.2) is 57.0 Å². The Labute approximate surface area is 202 Å². The van der Waals surface area contributed by atoms with Crippen molar-refractivity contribution in [1.82, 2.24) is 25.5 Å². The molecule has 2 aliphatic heterocycles. The summed E-state index contributed by atoms with van der Waals surface area (Å²) < 4.78 is 13.9. The Bertz CT molecular complexity index is 1560. The second kappa shape index (κ2) is 8.99. The van der Waals surface area contributed by atoms with E-state index in [1.54, 1.807) is 6.07 Å². The van der Waals surface area contributed by atoms with Gasteiger partial charge in [-0.15, -0.1) is 0 Å². The Morgan fingerprint density at radius 3 is 2.67 bits per heavy atom. The van der Waals surface area contributed by atoms with E-state index < -0.39 is 41.4 Å². The summed E-state index contributed by atoms with van der Waals surface area (Å²) in [5.74, 6) is 1.96. The van der Waals surface area contributed by atoms with Gasteiger partial charge in [0, 0.05) is 30.4 Å².